The molecule has 0 saturated carbocycles. The topological polar surface area (TPSA) is 81.8 Å². The van der Waals surface area contributed by atoms with E-state index in [0.29, 0.717) is 18.8 Å². The fourth-order valence-corrected chi connectivity index (χ4v) is 2.46. The first-order valence-corrected chi connectivity index (χ1v) is 8.16. The minimum Gasteiger partial charge on any atom is -0.354 e. The summed E-state index contributed by atoms with van der Waals surface area (Å²) < 4.78 is 15.5. The molecule has 2 heterocycles. The fraction of sp³-hybridized carbons (Fsp3) is 0.222. The van der Waals surface area contributed by atoms with E-state index in [4.69, 9.17) is 0 Å². The lowest BCUT2D eigenvalue weighted by molar-refractivity contribution is -0.124. The summed E-state index contributed by atoms with van der Waals surface area (Å²) in [4.78, 5) is 24.4. The molecule has 3 aromatic rings. The molecule has 0 aliphatic heterocycles. The highest BCUT2D eigenvalue weighted by atomic mass is 19.1. The molecule has 1 atom stereocenters. The second-order valence-electron chi connectivity index (χ2n) is 5.77. The first kappa shape index (κ1) is 17.5. The molecule has 1 amide bonds. The maximum atomic E-state index is 12.9. The number of aromatic nitrogens is 4. The number of hydrogen-bond acceptors (Lipinski definition) is 4. The lowest BCUT2D eigenvalue weighted by Crippen LogP contribution is -2.38. The van der Waals surface area contributed by atoms with Crippen LogP contribution >= 0.6 is 0 Å². The van der Waals surface area contributed by atoms with Gasteiger partial charge >= 0.3 is 0 Å². The summed E-state index contributed by atoms with van der Waals surface area (Å²) in [5, 5.41) is 11.0. The molecule has 0 aliphatic carbocycles. The lowest BCUT2D eigenvalue weighted by atomic mass is 10.1. The van der Waals surface area contributed by atoms with Crippen molar-refractivity contribution in [3.63, 3.8) is 0 Å². The van der Waals surface area contributed by atoms with E-state index < -0.39 is 6.04 Å². The molecule has 0 fully saturated rings. The van der Waals surface area contributed by atoms with Crippen molar-refractivity contribution in [3.8, 4) is 5.82 Å². The van der Waals surface area contributed by atoms with Crippen molar-refractivity contribution in [2.24, 2.45) is 0 Å². The van der Waals surface area contributed by atoms with Gasteiger partial charge in [-0.05, 0) is 43.2 Å². The second-order valence-corrected chi connectivity index (χ2v) is 5.77. The third kappa shape index (κ3) is 4.02. The van der Waals surface area contributed by atoms with E-state index in [-0.39, 0.29) is 17.3 Å². The van der Waals surface area contributed by atoms with Crippen molar-refractivity contribution < 1.29 is 9.18 Å². The van der Waals surface area contributed by atoms with Gasteiger partial charge in [0.05, 0.1) is 0 Å². The number of amides is 1. The number of hydrogen-bond donors (Lipinski definition) is 1. The van der Waals surface area contributed by atoms with E-state index >= 15 is 0 Å². The molecule has 8 heteroatoms. The molecule has 0 spiro atoms. The van der Waals surface area contributed by atoms with Gasteiger partial charge < -0.3 is 5.32 Å². The van der Waals surface area contributed by atoms with Crippen LogP contribution < -0.4 is 10.9 Å². The molecule has 26 heavy (non-hydrogen) atoms. The highest BCUT2D eigenvalue weighted by molar-refractivity contribution is 5.79. The van der Waals surface area contributed by atoms with Crippen LogP contribution in [0.25, 0.3) is 5.82 Å². The number of carbonyl (C=O) groups is 1. The van der Waals surface area contributed by atoms with E-state index in [1.54, 1.807) is 43.6 Å². The van der Waals surface area contributed by atoms with E-state index in [1.807, 2.05) is 0 Å². The van der Waals surface area contributed by atoms with Gasteiger partial charge in [0.2, 0.25) is 5.91 Å². The number of halogens is 1. The van der Waals surface area contributed by atoms with Crippen molar-refractivity contribution in [2.75, 3.05) is 6.54 Å². The molecule has 1 N–H and O–H groups in total. The molecule has 1 aromatic carbocycles. The van der Waals surface area contributed by atoms with Crippen molar-refractivity contribution in [1.29, 1.82) is 0 Å². The average Bonchev–Trinajstić information content (AvgIpc) is 3.18. The SMILES string of the molecule is CC(C(=O)NCCc1ccc(F)cc1)n1nc(-n2cccn2)ccc1=O. The Hall–Kier alpha value is -3.29. The third-order valence-corrected chi connectivity index (χ3v) is 3.92. The maximum Gasteiger partial charge on any atom is 0.267 e. The van der Waals surface area contributed by atoms with Gasteiger partial charge in [-0.2, -0.15) is 5.10 Å². The number of nitrogens with one attached hydrogen (secondary N) is 1. The predicted molar refractivity (Wildman–Crippen MR) is 93.4 cm³/mol. The summed E-state index contributed by atoms with van der Waals surface area (Å²) in [5.41, 5.74) is 0.539. The van der Waals surface area contributed by atoms with Crippen LogP contribution in [0.3, 0.4) is 0 Å². The molecule has 1 unspecified atom stereocenters. The van der Waals surface area contributed by atoms with E-state index in [9.17, 15) is 14.0 Å². The van der Waals surface area contributed by atoms with Gasteiger partial charge in [0, 0.05) is 25.0 Å². The third-order valence-electron chi connectivity index (χ3n) is 3.92. The van der Waals surface area contributed by atoms with Crippen molar-refractivity contribution in [2.45, 2.75) is 19.4 Å². The molecular formula is C18H18FN5O2. The molecule has 0 radical (unpaired) electrons. The van der Waals surface area contributed by atoms with Gasteiger partial charge in [0.1, 0.15) is 11.9 Å². The Kier molecular flexibility index (Phi) is 5.21. The van der Waals surface area contributed by atoms with Gasteiger partial charge in [-0.3, -0.25) is 9.59 Å². The largest absolute Gasteiger partial charge is 0.354 e. The van der Waals surface area contributed by atoms with Crippen LogP contribution in [-0.4, -0.2) is 32.0 Å². The quantitative estimate of drug-likeness (QED) is 0.726. The number of benzene rings is 1. The molecule has 3 rings (SSSR count). The first-order valence-electron chi connectivity index (χ1n) is 8.16. The van der Waals surface area contributed by atoms with Gasteiger partial charge in [-0.25, -0.2) is 13.8 Å². The Morgan fingerprint density at radius 1 is 1.23 bits per heavy atom. The monoisotopic (exact) mass is 355 g/mol. The maximum absolute atomic E-state index is 12.9. The zero-order chi connectivity index (χ0) is 18.5. The van der Waals surface area contributed by atoms with Crippen molar-refractivity contribution in [1.82, 2.24) is 24.9 Å². The smallest absolute Gasteiger partial charge is 0.267 e. The number of carbonyl (C=O) groups excluding carboxylic acids is 1. The highest BCUT2D eigenvalue weighted by Crippen LogP contribution is 2.06. The minimum absolute atomic E-state index is 0.297. The Morgan fingerprint density at radius 3 is 2.69 bits per heavy atom. The molecule has 7 nitrogen and oxygen atoms in total. The van der Waals surface area contributed by atoms with Crippen molar-refractivity contribution in [3.05, 3.63) is 76.6 Å². The molecule has 0 saturated heterocycles. The zero-order valence-corrected chi connectivity index (χ0v) is 14.2. The summed E-state index contributed by atoms with van der Waals surface area (Å²) in [6.45, 7) is 1.98. The van der Waals surface area contributed by atoms with E-state index in [1.165, 1.54) is 22.9 Å². The van der Waals surface area contributed by atoms with Crippen LogP contribution in [-0.2, 0) is 11.2 Å². The second kappa shape index (κ2) is 7.73. The molecule has 0 bridgehead atoms. The summed E-state index contributed by atoms with van der Waals surface area (Å²) in [6, 6.07) is 9.97. The van der Waals surface area contributed by atoms with Crippen LogP contribution in [0, 0.1) is 5.82 Å². The number of rotatable bonds is 6. The highest BCUT2D eigenvalue weighted by Gasteiger charge is 2.17. The Labute approximate surface area is 149 Å². The zero-order valence-electron chi connectivity index (χ0n) is 14.2. The van der Waals surface area contributed by atoms with Gasteiger partial charge in [-0.1, -0.05) is 12.1 Å². The fourth-order valence-electron chi connectivity index (χ4n) is 2.46. The van der Waals surface area contributed by atoms with Crippen molar-refractivity contribution >= 4 is 5.91 Å². The number of nitrogens with zero attached hydrogens (tertiary/aromatic N) is 4. The molecular weight excluding hydrogens is 337 g/mol. The molecule has 2 aromatic heterocycles. The van der Waals surface area contributed by atoms with Crippen LogP contribution in [0.5, 0.6) is 0 Å². The lowest BCUT2D eigenvalue weighted by Gasteiger charge is -2.15. The normalized spacial score (nSPS) is 11.9. The Balaban J connectivity index is 1.65. The molecule has 0 aliphatic rings. The van der Waals surface area contributed by atoms with Gasteiger partial charge in [0.15, 0.2) is 5.82 Å². The predicted octanol–water partition coefficient (Wildman–Crippen LogP) is 1.49. The minimum atomic E-state index is -0.772. The van der Waals surface area contributed by atoms with Crippen LogP contribution in [0.2, 0.25) is 0 Å². The van der Waals surface area contributed by atoms with E-state index in [0.717, 1.165) is 10.2 Å². The first-order chi connectivity index (χ1) is 12.5. The van der Waals surface area contributed by atoms with Crippen LogP contribution in [0.4, 0.5) is 4.39 Å². The summed E-state index contributed by atoms with van der Waals surface area (Å²) in [7, 11) is 0. The summed E-state index contributed by atoms with van der Waals surface area (Å²) >= 11 is 0. The average molecular weight is 355 g/mol. The molecule has 134 valence electrons. The standard InChI is InChI=1S/C18H18FN5O2/c1-13(18(26)20-11-9-14-3-5-15(19)6-4-14)24-17(25)8-7-16(22-24)23-12-2-10-21-23/h2-8,10,12-13H,9,11H2,1H3,(H,20,26). The Morgan fingerprint density at radius 2 is 2.00 bits per heavy atom. The summed E-state index contributed by atoms with van der Waals surface area (Å²) in [5.74, 6) is -0.172. The summed E-state index contributed by atoms with van der Waals surface area (Å²) in [6.07, 6.45) is 3.86. The Bertz CT molecular complexity index is 935. The van der Waals surface area contributed by atoms with Crippen LogP contribution in [0.1, 0.15) is 18.5 Å². The van der Waals surface area contributed by atoms with Gasteiger partial charge in [-0.15, -0.1) is 5.10 Å². The van der Waals surface area contributed by atoms with Crippen LogP contribution in [0.15, 0.2) is 59.7 Å². The van der Waals surface area contributed by atoms with Gasteiger partial charge in [0.25, 0.3) is 5.56 Å². The van der Waals surface area contributed by atoms with E-state index in [2.05, 4.69) is 15.5 Å².